The van der Waals surface area contributed by atoms with Gasteiger partial charge in [-0.25, -0.2) is 9.97 Å². The van der Waals surface area contributed by atoms with E-state index in [-0.39, 0.29) is 0 Å². The molecule has 9 heteroatoms. The van der Waals surface area contributed by atoms with E-state index in [0.29, 0.717) is 34.4 Å². The SMILES string of the molecule is c1ccc(-c2cccc(-c3nc4ccccc4o3)c2[O][Al][O][Al][O]c2c(-c3ccccc3)cccc2-c2nc3ccccc3o2)cc1. The molecular weight excluding hydrogens is 618 g/mol. The van der Waals surface area contributed by atoms with E-state index in [1.165, 1.54) is 0 Å². The summed E-state index contributed by atoms with van der Waals surface area (Å²) in [5, 5.41) is 0. The zero-order valence-corrected chi connectivity index (χ0v) is 27.3. The monoisotopic (exact) mass is 642 g/mol. The summed E-state index contributed by atoms with van der Waals surface area (Å²) in [6, 6.07) is 47.6. The molecule has 0 atom stereocenters. The van der Waals surface area contributed by atoms with Crippen LogP contribution in [0.4, 0.5) is 0 Å². The van der Waals surface area contributed by atoms with Crippen molar-refractivity contribution in [1.82, 2.24) is 9.97 Å². The van der Waals surface area contributed by atoms with Crippen molar-refractivity contribution < 1.29 is 19.3 Å². The highest BCUT2D eigenvalue weighted by atomic mass is 27.3. The van der Waals surface area contributed by atoms with Gasteiger partial charge in [0.1, 0.15) is 22.5 Å². The Balaban J connectivity index is 1.08. The van der Waals surface area contributed by atoms with Crippen molar-refractivity contribution in [2.24, 2.45) is 0 Å². The number of nitrogens with zero attached hydrogens (tertiary/aromatic N) is 2. The number of hydrogen-bond donors (Lipinski definition) is 0. The Kier molecular flexibility index (Phi) is 8.30. The molecule has 2 heterocycles. The number of hydrogen-bond acceptors (Lipinski definition) is 7. The Morgan fingerprint density at radius 3 is 1.26 bits per heavy atom. The summed E-state index contributed by atoms with van der Waals surface area (Å²) in [5.74, 6) is 2.27. The van der Waals surface area contributed by atoms with E-state index in [1.807, 2.05) is 121 Å². The van der Waals surface area contributed by atoms with Gasteiger partial charge in [-0.2, -0.15) is 0 Å². The molecule has 8 rings (SSSR count). The lowest BCUT2D eigenvalue weighted by molar-refractivity contribution is 0.418. The number of aromatic nitrogens is 2. The fourth-order valence-electron chi connectivity index (χ4n) is 5.50. The van der Waals surface area contributed by atoms with E-state index in [2.05, 4.69) is 24.3 Å². The smallest absolute Gasteiger partial charge is 0.626 e. The van der Waals surface area contributed by atoms with Gasteiger partial charge in [0.05, 0.1) is 11.1 Å². The number of benzene rings is 6. The molecule has 2 radical (unpaired) electrons. The first-order valence-corrected chi connectivity index (χ1v) is 16.9. The second kappa shape index (κ2) is 13.3. The highest BCUT2D eigenvalue weighted by Crippen LogP contribution is 2.41. The van der Waals surface area contributed by atoms with Crippen LogP contribution in [0, 0.1) is 0 Å². The third kappa shape index (κ3) is 6.07. The number of fused-ring (bicyclic) bond motifs is 2. The molecule has 0 bridgehead atoms. The second-order valence-corrected chi connectivity index (χ2v) is 12.6. The highest BCUT2D eigenvalue weighted by molar-refractivity contribution is 6.36. The summed E-state index contributed by atoms with van der Waals surface area (Å²) >= 11 is -1.90. The average molecular weight is 643 g/mol. The van der Waals surface area contributed by atoms with Gasteiger partial charge in [0.2, 0.25) is 11.8 Å². The fourth-order valence-corrected chi connectivity index (χ4v) is 6.83. The van der Waals surface area contributed by atoms with Crippen molar-refractivity contribution in [3.8, 4) is 56.7 Å². The van der Waals surface area contributed by atoms with Gasteiger partial charge in [0.25, 0.3) is 0 Å². The molecule has 0 N–H and O–H groups in total. The number of para-hydroxylation sites is 6. The van der Waals surface area contributed by atoms with Crippen LogP contribution >= 0.6 is 0 Å². The summed E-state index contributed by atoms with van der Waals surface area (Å²) in [6.45, 7) is 0. The van der Waals surface area contributed by atoms with Crippen LogP contribution in [-0.2, 0) is 2.84 Å². The zero-order chi connectivity index (χ0) is 31.4. The van der Waals surface area contributed by atoms with E-state index >= 15 is 0 Å². The molecular formula is C38H24Al2N2O5. The molecule has 0 saturated carbocycles. The Labute approximate surface area is 284 Å². The third-order valence-electron chi connectivity index (χ3n) is 7.69. The molecule has 0 aliphatic heterocycles. The van der Waals surface area contributed by atoms with Gasteiger partial charge in [-0.3, -0.25) is 0 Å². The maximum absolute atomic E-state index is 6.45. The minimum atomic E-state index is -0.948. The summed E-state index contributed by atoms with van der Waals surface area (Å²) in [7, 11) is 0. The Morgan fingerprint density at radius 2 is 0.809 bits per heavy atom. The van der Waals surface area contributed by atoms with E-state index in [4.69, 9.17) is 29.2 Å². The maximum Gasteiger partial charge on any atom is 0.743 e. The van der Waals surface area contributed by atoms with Gasteiger partial charge < -0.3 is 19.3 Å². The van der Waals surface area contributed by atoms with E-state index in [9.17, 15) is 0 Å². The largest absolute Gasteiger partial charge is 0.743 e. The molecule has 0 saturated heterocycles. The standard InChI is InChI=1S/2C19H13NO2.2Al.O/c2*21-18-14(13-7-2-1-3-8-13)9-6-10-15(18)19-20-16-11-4-5-12-17(16)22-19;;;/h2*1-12,21H;;;/q;;2*+1;/p-2. The van der Waals surface area contributed by atoms with Crippen LogP contribution in [0.25, 0.3) is 67.4 Å². The van der Waals surface area contributed by atoms with Crippen LogP contribution in [0.2, 0.25) is 0 Å². The zero-order valence-electron chi connectivity index (χ0n) is 24.9. The van der Waals surface area contributed by atoms with Crippen molar-refractivity contribution >= 4 is 54.0 Å². The van der Waals surface area contributed by atoms with Crippen molar-refractivity contribution in [3.05, 3.63) is 146 Å². The summed E-state index contributed by atoms with van der Waals surface area (Å²) < 4.78 is 31.3. The molecule has 0 amide bonds. The quantitative estimate of drug-likeness (QED) is 0.109. The fraction of sp³-hybridized carbons (Fsp3) is 0. The summed E-state index contributed by atoms with van der Waals surface area (Å²) in [4.78, 5) is 9.49. The average Bonchev–Trinajstić information content (AvgIpc) is 3.77. The van der Waals surface area contributed by atoms with Gasteiger partial charge >= 0.3 is 31.8 Å². The van der Waals surface area contributed by atoms with Crippen molar-refractivity contribution in [2.45, 2.75) is 0 Å². The summed E-state index contributed by atoms with van der Waals surface area (Å²) in [6.07, 6.45) is 0. The molecule has 222 valence electrons. The van der Waals surface area contributed by atoms with Gasteiger partial charge in [-0.1, -0.05) is 109 Å². The predicted octanol–water partition coefficient (Wildman–Crippen LogP) is 9.18. The van der Waals surface area contributed by atoms with Gasteiger partial charge in [-0.15, -0.1) is 0 Å². The van der Waals surface area contributed by atoms with Crippen molar-refractivity contribution in [3.63, 3.8) is 0 Å². The van der Waals surface area contributed by atoms with Crippen LogP contribution in [0.1, 0.15) is 0 Å². The highest BCUT2D eigenvalue weighted by Gasteiger charge is 2.22. The van der Waals surface area contributed by atoms with E-state index < -0.39 is 31.8 Å². The Hall–Kier alpha value is -5.12. The minimum Gasteiger partial charge on any atom is -0.626 e. The normalized spacial score (nSPS) is 11.1. The minimum absolute atomic E-state index is 0.488. The van der Waals surface area contributed by atoms with Gasteiger partial charge in [0, 0.05) is 11.1 Å². The molecule has 0 fully saturated rings. The molecule has 2 aromatic heterocycles. The maximum atomic E-state index is 6.45. The molecule has 0 aliphatic rings. The molecule has 7 nitrogen and oxygen atoms in total. The predicted molar refractivity (Wildman–Crippen MR) is 184 cm³/mol. The molecule has 0 spiro atoms. The van der Waals surface area contributed by atoms with Crippen molar-refractivity contribution in [1.29, 1.82) is 0 Å². The van der Waals surface area contributed by atoms with Crippen LogP contribution < -0.4 is 7.58 Å². The van der Waals surface area contributed by atoms with Gasteiger partial charge in [-0.05, 0) is 47.5 Å². The lowest BCUT2D eigenvalue weighted by Gasteiger charge is -2.17. The first-order chi connectivity index (χ1) is 23.3. The van der Waals surface area contributed by atoms with Gasteiger partial charge in [0.15, 0.2) is 11.2 Å². The number of rotatable bonds is 10. The lowest BCUT2D eigenvalue weighted by atomic mass is 10.0. The second-order valence-electron chi connectivity index (χ2n) is 10.6. The third-order valence-corrected chi connectivity index (χ3v) is 9.24. The first kappa shape index (κ1) is 29.3. The Bertz CT molecular complexity index is 2080. The molecule has 0 aliphatic carbocycles. The van der Waals surface area contributed by atoms with Crippen LogP contribution in [-0.4, -0.2) is 41.7 Å². The molecule has 0 unspecified atom stereocenters. The first-order valence-electron chi connectivity index (χ1n) is 15.0. The summed E-state index contributed by atoms with van der Waals surface area (Å²) in [5.41, 5.74) is 8.38. The Morgan fingerprint density at radius 1 is 0.404 bits per heavy atom. The molecule has 6 aromatic carbocycles. The van der Waals surface area contributed by atoms with Crippen LogP contribution in [0.15, 0.2) is 154 Å². The molecule has 8 aromatic rings. The van der Waals surface area contributed by atoms with Crippen LogP contribution in [0.5, 0.6) is 11.5 Å². The molecule has 47 heavy (non-hydrogen) atoms. The van der Waals surface area contributed by atoms with Crippen molar-refractivity contribution in [2.75, 3.05) is 0 Å². The topological polar surface area (TPSA) is 79.8 Å². The van der Waals surface area contributed by atoms with E-state index in [0.717, 1.165) is 44.4 Å². The van der Waals surface area contributed by atoms with E-state index in [1.54, 1.807) is 0 Å². The number of oxazole rings is 2. The lowest BCUT2D eigenvalue weighted by Crippen LogP contribution is -2.17. The van der Waals surface area contributed by atoms with Crippen LogP contribution in [0.3, 0.4) is 0 Å².